The number of aryl methyl sites for hydroxylation is 2. The number of rotatable bonds is 4. The molecular formula is C16H16N4O2S. The highest BCUT2D eigenvalue weighted by molar-refractivity contribution is 7.13. The maximum Gasteiger partial charge on any atom is 0.275 e. The average molecular weight is 328 g/mol. The van der Waals surface area contributed by atoms with Gasteiger partial charge in [0.05, 0.1) is 18.5 Å². The number of nitrogens with zero attached hydrogens (tertiary/aromatic N) is 3. The van der Waals surface area contributed by atoms with E-state index in [0.717, 1.165) is 22.7 Å². The number of amides is 1. The Morgan fingerprint density at radius 3 is 2.65 bits per heavy atom. The Morgan fingerprint density at radius 1 is 1.30 bits per heavy atom. The summed E-state index contributed by atoms with van der Waals surface area (Å²) < 4.78 is 6.71. The van der Waals surface area contributed by atoms with E-state index in [1.165, 1.54) is 11.3 Å². The van der Waals surface area contributed by atoms with Crippen LogP contribution in [-0.4, -0.2) is 27.8 Å². The summed E-state index contributed by atoms with van der Waals surface area (Å²) in [5, 5.41) is 9.67. The normalized spacial score (nSPS) is 10.6. The molecule has 0 spiro atoms. The quantitative estimate of drug-likeness (QED) is 0.799. The van der Waals surface area contributed by atoms with Crippen molar-refractivity contribution in [1.29, 1.82) is 0 Å². The smallest absolute Gasteiger partial charge is 0.275 e. The Hall–Kier alpha value is -2.67. The molecule has 1 amide bonds. The van der Waals surface area contributed by atoms with Gasteiger partial charge in [-0.05, 0) is 37.3 Å². The summed E-state index contributed by atoms with van der Waals surface area (Å²) >= 11 is 1.40. The van der Waals surface area contributed by atoms with E-state index in [0.29, 0.717) is 10.8 Å². The largest absolute Gasteiger partial charge is 0.497 e. The second-order valence-electron chi connectivity index (χ2n) is 5.02. The summed E-state index contributed by atoms with van der Waals surface area (Å²) in [6.45, 7) is 1.89. The fourth-order valence-electron chi connectivity index (χ4n) is 2.16. The van der Waals surface area contributed by atoms with Crippen molar-refractivity contribution in [3.05, 3.63) is 47.1 Å². The maximum absolute atomic E-state index is 12.4. The fraction of sp³-hybridized carbons (Fsp3) is 0.188. The highest BCUT2D eigenvalue weighted by Gasteiger charge is 2.15. The number of hydrogen-bond donors (Lipinski definition) is 1. The second-order valence-corrected chi connectivity index (χ2v) is 5.87. The zero-order chi connectivity index (χ0) is 16.4. The highest BCUT2D eigenvalue weighted by atomic mass is 32.1. The van der Waals surface area contributed by atoms with Gasteiger partial charge in [-0.1, -0.05) is 0 Å². The van der Waals surface area contributed by atoms with Crippen LogP contribution < -0.4 is 10.1 Å². The van der Waals surface area contributed by atoms with Gasteiger partial charge in [0.1, 0.15) is 11.4 Å². The lowest BCUT2D eigenvalue weighted by molar-refractivity contribution is 0.101. The zero-order valence-electron chi connectivity index (χ0n) is 13.0. The summed E-state index contributed by atoms with van der Waals surface area (Å²) in [6.07, 6.45) is 0. The Labute approximate surface area is 137 Å². The van der Waals surface area contributed by atoms with Gasteiger partial charge in [-0.3, -0.25) is 14.8 Å². The van der Waals surface area contributed by atoms with Crippen molar-refractivity contribution in [3.63, 3.8) is 0 Å². The third-order valence-corrected chi connectivity index (χ3v) is 4.21. The SMILES string of the molecule is COc1ccc(-c2cc(C(=O)Nc3nc(C)cs3)n(C)n2)cc1. The van der Waals surface area contributed by atoms with Crippen LogP contribution in [0.3, 0.4) is 0 Å². The Kier molecular flexibility index (Phi) is 4.12. The first-order valence-corrected chi connectivity index (χ1v) is 7.87. The third kappa shape index (κ3) is 3.24. The van der Waals surface area contributed by atoms with Crippen molar-refractivity contribution in [2.24, 2.45) is 7.05 Å². The van der Waals surface area contributed by atoms with E-state index in [2.05, 4.69) is 15.4 Å². The molecule has 7 heteroatoms. The predicted octanol–water partition coefficient (Wildman–Crippen LogP) is 3.11. The number of hydrogen-bond acceptors (Lipinski definition) is 5. The molecule has 0 unspecified atom stereocenters. The molecule has 1 aromatic carbocycles. The van der Waals surface area contributed by atoms with Crippen LogP contribution in [0.2, 0.25) is 0 Å². The molecule has 0 saturated heterocycles. The summed E-state index contributed by atoms with van der Waals surface area (Å²) in [6, 6.07) is 9.31. The van der Waals surface area contributed by atoms with Crippen LogP contribution in [0.25, 0.3) is 11.3 Å². The molecule has 0 bridgehead atoms. The molecule has 0 saturated carbocycles. The van der Waals surface area contributed by atoms with Gasteiger partial charge in [-0.2, -0.15) is 5.10 Å². The molecule has 118 valence electrons. The summed E-state index contributed by atoms with van der Waals surface area (Å²) in [4.78, 5) is 16.6. The third-order valence-electron chi connectivity index (χ3n) is 3.34. The Bertz CT molecular complexity index is 836. The minimum Gasteiger partial charge on any atom is -0.497 e. The molecule has 3 aromatic rings. The van der Waals surface area contributed by atoms with Crippen LogP contribution in [0.4, 0.5) is 5.13 Å². The lowest BCUT2D eigenvalue weighted by atomic mass is 10.1. The topological polar surface area (TPSA) is 69.0 Å². The molecule has 0 aliphatic carbocycles. The molecule has 1 N–H and O–H groups in total. The fourth-order valence-corrected chi connectivity index (χ4v) is 2.84. The number of carbonyl (C=O) groups is 1. The van der Waals surface area contributed by atoms with Crippen LogP contribution in [-0.2, 0) is 7.05 Å². The molecule has 23 heavy (non-hydrogen) atoms. The van der Waals surface area contributed by atoms with Crippen molar-refractivity contribution in [2.75, 3.05) is 12.4 Å². The van der Waals surface area contributed by atoms with Crippen LogP contribution in [0, 0.1) is 6.92 Å². The summed E-state index contributed by atoms with van der Waals surface area (Å²) in [7, 11) is 3.37. The first-order chi connectivity index (χ1) is 11.1. The Morgan fingerprint density at radius 2 is 2.04 bits per heavy atom. The van der Waals surface area contributed by atoms with E-state index in [-0.39, 0.29) is 5.91 Å². The van der Waals surface area contributed by atoms with Crippen molar-refractivity contribution >= 4 is 22.4 Å². The van der Waals surface area contributed by atoms with Gasteiger partial charge in [0.15, 0.2) is 5.13 Å². The second kappa shape index (κ2) is 6.21. The number of ether oxygens (including phenoxy) is 1. The molecular weight excluding hydrogens is 312 g/mol. The molecule has 0 fully saturated rings. The molecule has 3 rings (SSSR count). The molecule has 0 aliphatic rings. The minimum atomic E-state index is -0.228. The predicted molar refractivity (Wildman–Crippen MR) is 90.0 cm³/mol. The number of nitrogens with one attached hydrogen (secondary N) is 1. The van der Waals surface area contributed by atoms with Gasteiger partial charge < -0.3 is 4.74 Å². The van der Waals surface area contributed by atoms with E-state index < -0.39 is 0 Å². The summed E-state index contributed by atoms with van der Waals surface area (Å²) in [5.41, 5.74) is 3.01. The standard InChI is InChI=1S/C16H16N4O2S/c1-10-9-23-16(17-10)18-15(21)14-8-13(19-20(14)2)11-4-6-12(22-3)7-5-11/h4-9H,1-3H3,(H,17,18,21). The molecule has 2 heterocycles. The van der Waals surface area contributed by atoms with Gasteiger partial charge >= 0.3 is 0 Å². The number of anilines is 1. The summed E-state index contributed by atoms with van der Waals surface area (Å²) in [5.74, 6) is 0.552. The van der Waals surface area contributed by atoms with E-state index in [4.69, 9.17) is 4.74 Å². The van der Waals surface area contributed by atoms with Gasteiger partial charge in [-0.15, -0.1) is 11.3 Å². The molecule has 0 aliphatic heterocycles. The monoisotopic (exact) mass is 328 g/mol. The van der Waals surface area contributed by atoms with E-state index >= 15 is 0 Å². The van der Waals surface area contributed by atoms with Crippen LogP contribution in [0.15, 0.2) is 35.7 Å². The van der Waals surface area contributed by atoms with Gasteiger partial charge in [0.25, 0.3) is 5.91 Å². The lowest BCUT2D eigenvalue weighted by Crippen LogP contribution is -2.15. The van der Waals surface area contributed by atoms with Crippen molar-refractivity contribution in [1.82, 2.24) is 14.8 Å². The molecule has 0 radical (unpaired) electrons. The van der Waals surface area contributed by atoms with Crippen LogP contribution in [0.5, 0.6) is 5.75 Å². The van der Waals surface area contributed by atoms with Gasteiger partial charge in [0, 0.05) is 18.0 Å². The number of aromatic nitrogens is 3. The average Bonchev–Trinajstić information content (AvgIpc) is 3.13. The molecule has 0 atom stereocenters. The Balaban J connectivity index is 1.83. The number of thiazole rings is 1. The van der Waals surface area contributed by atoms with E-state index in [1.807, 2.05) is 36.6 Å². The van der Waals surface area contributed by atoms with E-state index in [1.54, 1.807) is 24.9 Å². The van der Waals surface area contributed by atoms with Crippen molar-refractivity contribution < 1.29 is 9.53 Å². The first kappa shape index (κ1) is 15.2. The number of benzene rings is 1. The van der Waals surface area contributed by atoms with Crippen molar-refractivity contribution in [2.45, 2.75) is 6.92 Å². The zero-order valence-corrected chi connectivity index (χ0v) is 13.8. The van der Waals surface area contributed by atoms with Crippen LogP contribution >= 0.6 is 11.3 Å². The van der Waals surface area contributed by atoms with Crippen molar-refractivity contribution in [3.8, 4) is 17.0 Å². The lowest BCUT2D eigenvalue weighted by Gasteiger charge is -2.00. The highest BCUT2D eigenvalue weighted by Crippen LogP contribution is 2.23. The molecule has 2 aromatic heterocycles. The van der Waals surface area contributed by atoms with Crippen LogP contribution in [0.1, 0.15) is 16.2 Å². The first-order valence-electron chi connectivity index (χ1n) is 6.99. The van der Waals surface area contributed by atoms with E-state index in [9.17, 15) is 4.79 Å². The van der Waals surface area contributed by atoms with Gasteiger partial charge in [-0.25, -0.2) is 4.98 Å². The molecule has 6 nitrogen and oxygen atoms in total. The number of carbonyl (C=O) groups excluding carboxylic acids is 1. The maximum atomic E-state index is 12.4. The van der Waals surface area contributed by atoms with Gasteiger partial charge in [0.2, 0.25) is 0 Å². The minimum absolute atomic E-state index is 0.228. The number of methoxy groups -OCH3 is 1.